The van der Waals surface area contributed by atoms with Crippen molar-refractivity contribution >= 4 is 29.6 Å². The number of benzene rings is 1. The Morgan fingerprint density at radius 2 is 2.04 bits per heavy atom. The van der Waals surface area contributed by atoms with Gasteiger partial charge in [0.05, 0.1) is 19.2 Å². The number of hydrogen-bond acceptors (Lipinski definition) is 5. The molecule has 1 aromatic rings. The standard InChI is InChI=1S/C18H22ClNO5/c1-11(13-5-6-13)20-16(21)10-25-17(22)7-4-12-8-14(19)18(24-3)15(9-12)23-2/h4,7-9,11,13H,5-6,10H2,1-3H3,(H,20,21)/b7-4+/t11-/m1/s1. The summed E-state index contributed by atoms with van der Waals surface area (Å²) >= 11 is 6.10. The van der Waals surface area contributed by atoms with E-state index >= 15 is 0 Å². The smallest absolute Gasteiger partial charge is 0.331 e. The van der Waals surface area contributed by atoms with Gasteiger partial charge in [-0.15, -0.1) is 0 Å². The molecule has 7 heteroatoms. The van der Waals surface area contributed by atoms with Crippen LogP contribution in [0.1, 0.15) is 25.3 Å². The van der Waals surface area contributed by atoms with Crippen LogP contribution in [0.3, 0.4) is 0 Å². The van der Waals surface area contributed by atoms with Crippen molar-refractivity contribution in [1.82, 2.24) is 5.32 Å². The van der Waals surface area contributed by atoms with Crippen LogP contribution in [0, 0.1) is 5.92 Å². The fraction of sp³-hybridized carbons (Fsp3) is 0.444. The molecule has 0 bridgehead atoms. The molecule has 1 aliphatic carbocycles. The highest BCUT2D eigenvalue weighted by molar-refractivity contribution is 6.32. The largest absolute Gasteiger partial charge is 0.493 e. The van der Waals surface area contributed by atoms with Crippen molar-refractivity contribution in [2.24, 2.45) is 5.92 Å². The second kappa shape index (κ2) is 8.76. The molecule has 0 aliphatic heterocycles. The summed E-state index contributed by atoms with van der Waals surface area (Å²) in [6.07, 6.45) is 5.03. The quantitative estimate of drug-likeness (QED) is 0.565. The second-order valence-electron chi connectivity index (χ2n) is 5.87. The third-order valence-corrected chi connectivity index (χ3v) is 4.21. The average molecular weight is 368 g/mol. The predicted molar refractivity (Wildman–Crippen MR) is 94.9 cm³/mol. The van der Waals surface area contributed by atoms with Crippen molar-refractivity contribution in [2.75, 3.05) is 20.8 Å². The molecule has 25 heavy (non-hydrogen) atoms. The Morgan fingerprint density at radius 3 is 2.64 bits per heavy atom. The molecule has 0 unspecified atom stereocenters. The number of rotatable bonds is 8. The molecule has 1 fully saturated rings. The van der Waals surface area contributed by atoms with Crippen LogP contribution < -0.4 is 14.8 Å². The van der Waals surface area contributed by atoms with E-state index in [1.807, 2.05) is 6.92 Å². The summed E-state index contributed by atoms with van der Waals surface area (Å²) < 4.78 is 15.3. The lowest BCUT2D eigenvalue weighted by atomic mass is 10.2. The van der Waals surface area contributed by atoms with Gasteiger partial charge in [-0.1, -0.05) is 11.6 Å². The lowest BCUT2D eigenvalue weighted by molar-refractivity contribution is -0.144. The first-order valence-corrected chi connectivity index (χ1v) is 8.38. The first-order valence-electron chi connectivity index (χ1n) is 8.00. The average Bonchev–Trinajstić information content (AvgIpc) is 3.42. The molecule has 136 valence electrons. The van der Waals surface area contributed by atoms with Crippen LogP contribution in [-0.2, 0) is 14.3 Å². The Hall–Kier alpha value is -2.21. The molecule has 1 aliphatic rings. The summed E-state index contributed by atoms with van der Waals surface area (Å²) in [5.74, 6) is 0.520. The third-order valence-electron chi connectivity index (χ3n) is 3.93. The van der Waals surface area contributed by atoms with Gasteiger partial charge in [0.1, 0.15) is 0 Å². The summed E-state index contributed by atoms with van der Waals surface area (Å²) in [6.45, 7) is 1.66. The van der Waals surface area contributed by atoms with E-state index in [4.69, 9.17) is 25.8 Å². The maximum Gasteiger partial charge on any atom is 0.331 e. The van der Waals surface area contributed by atoms with E-state index in [0.29, 0.717) is 28.0 Å². The topological polar surface area (TPSA) is 73.9 Å². The lowest BCUT2D eigenvalue weighted by Gasteiger charge is -2.12. The monoisotopic (exact) mass is 367 g/mol. The zero-order chi connectivity index (χ0) is 18.4. The van der Waals surface area contributed by atoms with Gasteiger partial charge >= 0.3 is 5.97 Å². The Morgan fingerprint density at radius 1 is 1.32 bits per heavy atom. The molecule has 0 aromatic heterocycles. The van der Waals surface area contributed by atoms with E-state index in [1.54, 1.807) is 12.1 Å². The molecule has 1 atom stereocenters. The van der Waals surface area contributed by atoms with Crippen LogP contribution >= 0.6 is 11.6 Å². The third kappa shape index (κ3) is 5.67. The highest BCUT2D eigenvalue weighted by Gasteiger charge is 2.28. The Bertz CT molecular complexity index is 670. The van der Waals surface area contributed by atoms with E-state index in [-0.39, 0.29) is 18.6 Å². The molecule has 0 spiro atoms. The number of carbonyl (C=O) groups excluding carboxylic acids is 2. The summed E-state index contributed by atoms with van der Waals surface area (Å²) in [5, 5.41) is 3.18. The Kier molecular flexibility index (Phi) is 6.70. The number of nitrogens with one attached hydrogen (secondary N) is 1. The molecule has 0 heterocycles. The van der Waals surface area contributed by atoms with Crippen LogP contribution in [0.4, 0.5) is 0 Å². The van der Waals surface area contributed by atoms with Gasteiger partial charge in [0, 0.05) is 12.1 Å². The van der Waals surface area contributed by atoms with Gasteiger partial charge in [-0.3, -0.25) is 4.79 Å². The zero-order valence-electron chi connectivity index (χ0n) is 14.5. The zero-order valence-corrected chi connectivity index (χ0v) is 15.3. The van der Waals surface area contributed by atoms with Crippen molar-refractivity contribution in [3.8, 4) is 11.5 Å². The van der Waals surface area contributed by atoms with Gasteiger partial charge in [-0.2, -0.15) is 0 Å². The summed E-state index contributed by atoms with van der Waals surface area (Å²) in [6, 6.07) is 3.44. The van der Waals surface area contributed by atoms with Crippen molar-refractivity contribution < 1.29 is 23.8 Å². The van der Waals surface area contributed by atoms with Gasteiger partial charge in [0.2, 0.25) is 0 Å². The number of ether oxygens (including phenoxy) is 3. The Labute approximate surface area is 152 Å². The minimum Gasteiger partial charge on any atom is -0.493 e. The lowest BCUT2D eigenvalue weighted by Crippen LogP contribution is -2.36. The maximum atomic E-state index is 11.7. The number of amides is 1. The molecule has 1 saturated carbocycles. The van der Waals surface area contributed by atoms with Crippen molar-refractivity contribution in [1.29, 1.82) is 0 Å². The first kappa shape index (κ1) is 19.1. The highest BCUT2D eigenvalue weighted by Crippen LogP contribution is 2.36. The molecule has 1 aromatic carbocycles. The number of hydrogen-bond donors (Lipinski definition) is 1. The van der Waals surface area contributed by atoms with Crippen LogP contribution in [0.15, 0.2) is 18.2 Å². The van der Waals surface area contributed by atoms with E-state index < -0.39 is 5.97 Å². The molecule has 1 N–H and O–H groups in total. The predicted octanol–water partition coefficient (Wildman–Crippen LogP) is 2.83. The van der Waals surface area contributed by atoms with Crippen molar-refractivity contribution in [3.05, 3.63) is 28.8 Å². The fourth-order valence-electron chi connectivity index (χ4n) is 2.39. The minimum atomic E-state index is -0.611. The van der Waals surface area contributed by atoms with E-state index in [2.05, 4.69) is 5.32 Å². The Balaban J connectivity index is 1.87. The highest BCUT2D eigenvalue weighted by atomic mass is 35.5. The maximum absolute atomic E-state index is 11.7. The summed E-state index contributed by atoms with van der Waals surface area (Å²) in [5.41, 5.74) is 0.645. The van der Waals surface area contributed by atoms with Crippen LogP contribution in [-0.4, -0.2) is 38.7 Å². The number of methoxy groups -OCH3 is 2. The van der Waals surface area contributed by atoms with Gasteiger partial charge < -0.3 is 19.5 Å². The molecule has 0 saturated heterocycles. The SMILES string of the molecule is COc1cc(/C=C/C(=O)OCC(=O)N[C@H](C)C2CC2)cc(Cl)c1OC. The molecular weight excluding hydrogens is 346 g/mol. The summed E-state index contributed by atoms with van der Waals surface area (Å²) in [7, 11) is 2.99. The van der Waals surface area contributed by atoms with Crippen LogP contribution in [0.5, 0.6) is 11.5 Å². The van der Waals surface area contributed by atoms with Gasteiger partial charge in [0.25, 0.3) is 5.91 Å². The van der Waals surface area contributed by atoms with Crippen molar-refractivity contribution in [2.45, 2.75) is 25.8 Å². The second-order valence-corrected chi connectivity index (χ2v) is 6.28. The van der Waals surface area contributed by atoms with E-state index in [0.717, 1.165) is 12.8 Å². The normalized spacial score (nSPS) is 14.9. The van der Waals surface area contributed by atoms with E-state index in [9.17, 15) is 9.59 Å². The molecular formula is C18H22ClNO5. The number of halogens is 1. The van der Waals surface area contributed by atoms with Crippen LogP contribution in [0.25, 0.3) is 6.08 Å². The molecule has 0 radical (unpaired) electrons. The van der Waals surface area contributed by atoms with Gasteiger partial charge in [-0.25, -0.2) is 4.79 Å². The molecule has 1 amide bonds. The number of carbonyl (C=O) groups is 2. The molecule has 2 rings (SSSR count). The van der Waals surface area contributed by atoms with Crippen LogP contribution in [0.2, 0.25) is 5.02 Å². The minimum absolute atomic E-state index is 0.121. The molecule has 6 nitrogen and oxygen atoms in total. The van der Waals surface area contributed by atoms with Gasteiger partial charge in [-0.05, 0) is 49.5 Å². The fourth-order valence-corrected chi connectivity index (χ4v) is 2.69. The first-order chi connectivity index (χ1) is 11.9. The van der Waals surface area contributed by atoms with Crippen molar-refractivity contribution in [3.63, 3.8) is 0 Å². The van der Waals surface area contributed by atoms with E-state index in [1.165, 1.54) is 26.4 Å². The van der Waals surface area contributed by atoms with Gasteiger partial charge in [0.15, 0.2) is 18.1 Å². The summed E-state index contributed by atoms with van der Waals surface area (Å²) in [4.78, 5) is 23.4. The number of esters is 1.